The van der Waals surface area contributed by atoms with Crippen LogP contribution in [0.5, 0.6) is 0 Å². The third-order valence-corrected chi connectivity index (χ3v) is 4.79. The number of benzene rings is 2. The summed E-state index contributed by atoms with van der Waals surface area (Å²) >= 11 is 1.69. The van der Waals surface area contributed by atoms with E-state index in [0.29, 0.717) is 12.8 Å². The van der Waals surface area contributed by atoms with Crippen molar-refractivity contribution in [2.45, 2.75) is 35.5 Å². The van der Waals surface area contributed by atoms with Crippen molar-refractivity contribution >= 4 is 23.3 Å². The largest absolute Gasteiger partial charge is 0.295 e. The summed E-state index contributed by atoms with van der Waals surface area (Å²) in [4.78, 5) is 25.0. The molecule has 0 aromatic heterocycles. The minimum atomic E-state index is 0.0693. The summed E-state index contributed by atoms with van der Waals surface area (Å²) < 4.78 is 0. The molecule has 0 saturated heterocycles. The van der Waals surface area contributed by atoms with Gasteiger partial charge < -0.3 is 0 Å². The van der Waals surface area contributed by atoms with Crippen molar-refractivity contribution in [3.05, 3.63) is 85.0 Å². The second kappa shape index (κ2) is 9.80. The second-order valence-electron chi connectivity index (χ2n) is 5.74. The van der Waals surface area contributed by atoms with Gasteiger partial charge in [-0.05, 0) is 60.4 Å². The number of ketones is 2. The Morgan fingerprint density at radius 3 is 1.64 bits per heavy atom. The summed E-state index contributed by atoms with van der Waals surface area (Å²) in [6.45, 7) is 7.01. The first-order chi connectivity index (χ1) is 12.1. The van der Waals surface area contributed by atoms with Crippen LogP contribution in [0, 0.1) is 0 Å². The molecule has 0 spiro atoms. The quantitative estimate of drug-likeness (QED) is 0.551. The molecule has 0 bridgehead atoms. The van der Waals surface area contributed by atoms with Crippen LogP contribution in [-0.4, -0.2) is 11.6 Å². The number of carbonyl (C=O) groups excluding carboxylic acids is 2. The molecule has 25 heavy (non-hydrogen) atoms. The molecule has 3 heteroatoms. The molecule has 128 valence electrons. The lowest BCUT2D eigenvalue weighted by molar-refractivity contribution is -0.115. The summed E-state index contributed by atoms with van der Waals surface area (Å²) in [5, 5.41) is 0. The van der Waals surface area contributed by atoms with E-state index in [1.54, 1.807) is 11.8 Å². The maximum Gasteiger partial charge on any atom is 0.155 e. The molecular formula is C22H22O2S. The number of hydrogen-bond acceptors (Lipinski definition) is 3. The van der Waals surface area contributed by atoms with Gasteiger partial charge in [0.15, 0.2) is 11.6 Å². The van der Waals surface area contributed by atoms with Crippen molar-refractivity contribution in [3.63, 3.8) is 0 Å². The lowest BCUT2D eigenvalue weighted by Crippen LogP contribution is -1.95. The highest BCUT2D eigenvalue weighted by Gasteiger charge is 2.04. The fourth-order valence-corrected chi connectivity index (χ4v) is 3.39. The third kappa shape index (κ3) is 6.55. The molecule has 0 aliphatic heterocycles. The highest BCUT2D eigenvalue weighted by Crippen LogP contribution is 2.29. The van der Waals surface area contributed by atoms with Crippen LogP contribution in [0.1, 0.15) is 24.0 Å². The van der Waals surface area contributed by atoms with E-state index in [-0.39, 0.29) is 11.6 Å². The smallest absolute Gasteiger partial charge is 0.155 e. The van der Waals surface area contributed by atoms with E-state index < -0.39 is 0 Å². The maximum absolute atomic E-state index is 11.4. The number of rotatable bonds is 10. The minimum absolute atomic E-state index is 0.0693. The Morgan fingerprint density at radius 2 is 1.24 bits per heavy atom. The molecular weight excluding hydrogens is 328 g/mol. The molecule has 2 nitrogen and oxygen atoms in total. The number of hydrogen-bond donors (Lipinski definition) is 0. The van der Waals surface area contributed by atoms with Gasteiger partial charge in [0.2, 0.25) is 0 Å². The highest BCUT2D eigenvalue weighted by atomic mass is 32.2. The van der Waals surface area contributed by atoms with Crippen LogP contribution in [0.4, 0.5) is 0 Å². The topological polar surface area (TPSA) is 34.1 Å². The first-order valence-corrected chi connectivity index (χ1v) is 9.08. The van der Waals surface area contributed by atoms with Crippen LogP contribution in [-0.2, 0) is 22.4 Å². The Bertz CT molecular complexity index is 712. The Morgan fingerprint density at radius 1 is 0.800 bits per heavy atom. The van der Waals surface area contributed by atoms with Crippen LogP contribution in [0.3, 0.4) is 0 Å². The Labute approximate surface area is 153 Å². The molecule has 0 amide bonds. The average Bonchev–Trinajstić information content (AvgIpc) is 2.64. The molecule has 0 fully saturated rings. The molecule has 0 aliphatic carbocycles. The number of carbonyl (C=O) groups is 2. The summed E-state index contributed by atoms with van der Waals surface area (Å²) in [5.74, 6) is 0.139. The fraction of sp³-hybridized carbons (Fsp3) is 0.182. The van der Waals surface area contributed by atoms with Crippen molar-refractivity contribution in [2.24, 2.45) is 0 Å². The normalized spacial score (nSPS) is 10.2. The van der Waals surface area contributed by atoms with Crippen LogP contribution in [0.2, 0.25) is 0 Å². The predicted octanol–water partition coefficient (Wildman–Crippen LogP) is 5.21. The van der Waals surface area contributed by atoms with E-state index in [4.69, 9.17) is 0 Å². The SMILES string of the molecule is C=CC(=O)CCc1cccc(Sc2cccc(CCC(=O)C=C)c2)c1. The lowest BCUT2D eigenvalue weighted by atomic mass is 10.1. The van der Waals surface area contributed by atoms with Crippen LogP contribution < -0.4 is 0 Å². The van der Waals surface area contributed by atoms with Crippen molar-refractivity contribution in [3.8, 4) is 0 Å². The van der Waals surface area contributed by atoms with Crippen molar-refractivity contribution in [2.75, 3.05) is 0 Å². The highest BCUT2D eigenvalue weighted by molar-refractivity contribution is 7.99. The Kier molecular flexibility index (Phi) is 7.42. The molecule has 0 N–H and O–H groups in total. The van der Waals surface area contributed by atoms with Crippen molar-refractivity contribution < 1.29 is 9.59 Å². The van der Waals surface area contributed by atoms with Gasteiger partial charge >= 0.3 is 0 Å². The first kappa shape index (κ1) is 18.9. The summed E-state index contributed by atoms with van der Waals surface area (Å²) in [6, 6.07) is 16.5. The van der Waals surface area contributed by atoms with Gasteiger partial charge in [-0.2, -0.15) is 0 Å². The predicted molar refractivity (Wildman–Crippen MR) is 104 cm³/mol. The fourth-order valence-electron chi connectivity index (χ4n) is 2.40. The van der Waals surface area contributed by atoms with E-state index in [9.17, 15) is 9.59 Å². The minimum Gasteiger partial charge on any atom is -0.295 e. The molecule has 2 rings (SSSR count). The van der Waals surface area contributed by atoms with E-state index in [0.717, 1.165) is 33.8 Å². The lowest BCUT2D eigenvalue weighted by Gasteiger charge is -2.07. The van der Waals surface area contributed by atoms with Gasteiger partial charge in [-0.15, -0.1) is 0 Å². The molecule has 0 radical (unpaired) electrons. The summed E-state index contributed by atoms with van der Waals surface area (Å²) in [5.41, 5.74) is 2.29. The second-order valence-corrected chi connectivity index (χ2v) is 6.88. The third-order valence-electron chi connectivity index (χ3n) is 3.81. The summed E-state index contributed by atoms with van der Waals surface area (Å²) in [6.07, 6.45) is 5.18. The monoisotopic (exact) mass is 350 g/mol. The Hall–Kier alpha value is -2.39. The van der Waals surface area contributed by atoms with Gasteiger partial charge in [-0.1, -0.05) is 49.2 Å². The molecule has 2 aromatic carbocycles. The van der Waals surface area contributed by atoms with Crippen molar-refractivity contribution in [1.29, 1.82) is 0 Å². The molecule has 0 aliphatic rings. The van der Waals surface area contributed by atoms with Gasteiger partial charge in [0, 0.05) is 22.6 Å². The number of aryl methyl sites for hydroxylation is 2. The zero-order valence-corrected chi connectivity index (χ0v) is 15.1. The standard InChI is InChI=1S/C22H22O2S/c1-3-19(23)13-11-17-7-5-9-21(15-17)25-22-10-6-8-18(16-22)12-14-20(24)4-2/h3-10,15-16H,1-2,11-14H2. The molecule has 0 heterocycles. The zero-order valence-electron chi connectivity index (χ0n) is 14.2. The van der Waals surface area contributed by atoms with Gasteiger partial charge in [-0.3, -0.25) is 9.59 Å². The van der Waals surface area contributed by atoms with Gasteiger partial charge in [0.05, 0.1) is 0 Å². The Balaban J connectivity index is 2.01. The van der Waals surface area contributed by atoms with Gasteiger partial charge in [0.1, 0.15) is 0 Å². The van der Waals surface area contributed by atoms with Gasteiger partial charge in [0.25, 0.3) is 0 Å². The first-order valence-electron chi connectivity index (χ1n) is 8.27. The molecule has 0 unspecified atom stereocenters. The summed E-state index contributed by atoms with van der Waals surface area (Å²) in [7, 11) is 0. The average molecular weight is 350 g/mol. The zero-order chi connectivity index (χ0) is 18.1. The van der Waals surface area contributed by atoms with Crippen LogP contribution >= 0.6 is 11.8 Å². The van der Waals surface area contributed by atoms with Gasteiger partial charge in [-0.25, -0.2) is 0 Å². The molecule has 0 atom stereocenters. The van der Waals surface area contributed by atoms with E-state index >= 15 is 0 Å². The molecule has 0 saturated carbocycles. The van der Waals surface area contributed by atoms with Crippen molar-refractivity contribution in [1.82, 2.24) is 0 Å². The van der Waals surface area contributed by atoms with E-state index in [1.807, 2.05) is 24.3 Å². The van der Waals surface area contributed by atoms with E-state index in [2.05, 4.69) is 37.4 Å². The maximum atomic E-state index is 11.4. The van der Waals surface area contributed by atoms with Crippen LogP contribution in [0.15, 0.2) is 83.6 Å². The number of allylic oxidation sites excluding steroid dienone is 2. The van der Waals surface area contributed by atoms with E-state index in [1.165, 1.54) is 12.2 Å². The molecule has 2 aromatic rings. The van der Waals surface area contributed by atoms with Crippen LogP contribution in [0.25, 0.3) is 0 Å².